The molecule has 130 valence electrons. The zero-order chi connectivity index (χ0) is 16.0. The van der Waals surface area contributed by atoms with Gasteiger partial charge in [0.25, 0.3) is 0 Å². The fraction of sp³-hybridized carbons (Fsp3) is 1.00. The van der Waals surface area contributed by atoms with Crippen molar-refractivity contribution in [3.63, 3.8) is 0 Å². The van der Waals surface area contributed by atoms with Crippen LogP contribution in [0, 0.1) is 11.3 Å². The second-order valence-electron chi connectivity index (χ2n) is 9.18. The van der Waals surface area contributed by atoms with Gasteiger partial charge in [0.1, 0.15) is 0 Å². The minimum atomic E-state index is 0.466. The molecule has 2 atom stereocenters. The first-order valence-electron chi connectivity index (χ1n) is 9.94. The molecule has 1 saturated carbocycles. The van der Waals surface area contributed by atoms with Gasteiger partial charge in [-0.2, -0.15) is 0 Å². The third-order valence-corrected chi connectivity index (χ3v) is 5.42. The maximum Gasteiger partial charge on any atom is 0.0200 e. The highest BCUT2D eigenvalue weighted by Crippen LogP contribution is 2.31. The van der Waals surface area contributed by atoms with E-state index in [1.807, 2.05) is 0 Å². The minimum absolute atomic E-state index is 0.466. The SMILES string of the molecule is CCCCN1CC(CC(C)(C)C)CC(NC2CCCCC2)C1. The Kier molecular flexibility index (Phi) is 7.21. The fourth-order valence-corrected chi connectivity index (χ4v) is 4.60. The number of piperidine rings is 1. The number of rotatable bonds is 6. The van der Waals surface area contributed by atoms with E-state index in [4.69, 9.17) is 0 Å². The molecule has 1 N–H and O–H groups in total. The number of hydrogen-bond donors (Lipinski definition) is 1. The number of likely N-dealkylation sites (tertiary alicyclic amines) is 1. The van der Waals surface area contributed by atoms with Crippen molar-refractivity contribution in [1.82, 2.24) is 10.2 Å². The van der Waals surface area contributed by atoms with Gasteiger partial charge < -0.3 is 10.2 Å². The maximum absolute atomic E-state index is 4.04. The Labute approximate surface area is 139 Å². The van der Waals surface area contributed by atoms with Crippen LogP contribution in [0.4, 0.5) is 0 Å². The smallest absolute Gasteiger partial charge is 0.0200 e. The van der Waals surface area contributed by atoms with Gasteiger partial charge in [-0.3, -0.25) is 0 Å². The Balaban J connectivity index is 1.88. The van der Waals surface area contributed by atoms with Crippen LogP contribution in [0.25, 0.3) is 0 Å². The van der Waals surface area contributed by atoms with Gasteiger partial charge in [-0.15, -0.1) is 0 Å². The molecule has 2 unspecified atom stereocenters. The van der Waals surface area contributed by atoms with E-state index < -0.39 is 0 Å². The monoisotopic (exact) mass is 308 g/mol. The van der Waals surface area contributed by atoms with E-state index in [0.717, 1.165) is 18.0 Å². The van der Waals surface area contributed by atoms with Gasteiger partial charge in [0.2, 0.25) is 0 Å². The summed E-state index contributed by atoms with van der Waals surface area (Å²) < 4.78 is 0. The zero-order valence-corrected chi connectivity index (χ0v) is 15.7. The average Bonchev–Trinajstić information content (AvgIpc) is 2.44. The van der Waals surface area contributed by atoms with Gasteiger partial charge in [-0.1, -0.05) is 53.4 Å². The van der Waals surface area contributed by atoms with Crippen LogP contribution >= 0.6 is 0 Å². The number of unbranched alkanes of at least 4 members (excludes halogenated alkanes) is 1. The first-order chi connectivity index (χ1) is 10.5. The second kappa shape index (κ2) is 8.68. The molecule has 1 aliphatic carbocycles. The van der Waals surface area contributed by atoms with E-state index in [2.05, 4.69) is 37.9 Å². The van der Waals surface area contributed by atoms with Crippen molar-refractivity contribution in [3.8, 4) is 0 Å². The van der Waals surface area contributed by atoms with E-state index in [9.17, 15) is 0 Å². The largest absolute Gasteiger partial charge is 0.310 e. The van der Waals surface area contributed by atoms with Crippen LogP contribution in [0.15, 0.2) is 0 Å². The van der Waals surface area contributed by atoms with Crippen molar-refractivity contribution < 1.29 is 0 Å². The summed E-state index contributed by atoms with van der Waals surface area (Å²) in [6.45, 7) is 13.5. The molecule has 0 spiro atoms. The third-order valence-electron chi connectivity index (χ3n) is 5.42. The molecule has 2 rings (SSSR count). The van der Waals surface area contributed by atoms with E-state index >= 15 is 0 Å². The fourth-order valence-electron chi connectivity index (χ4n) is 4.60. The van der Waals surface area contributed by atoms with Gasteiger partial charge in [-0.05, 0) is 50.0 Å². The van der Waals surface area contributed by atoms with E-state index in [1.165, 1.54) is 77.4 Å². The van der Waals surface area contributed by atoms with Crippen LogP contribution < -0.4 is 5.32 Å². The highest BCUT2D eigenvalue weighted by atomic mass is 15.2. The highest BCUT2D eigenvalue weighted by Gasteiger charge is 2.30. The predicted octanol–water partition coefficient (Wildman–Crippen LogP) is 4.84. The summed E-state index contributed by atoms with van der Waals surface area (Å²) in [6.07, 6.45) is 12.6. The van der Waals surface area contributed by atoms with Crippen molar-refractivity contribution in [2.45, 2.75) is 97.6 Å². The molecule has 22 heavy (non-hydrogen) atoms. The summed E-state index contributed by atoms with van der Waals surface area (Å²) in [6, 6.07) is 1.54. The standard InChI is InChI=1S/C20H40N2/c1-5-6-12-22-15-17(14-20(2,3)4)13-19(16-22)21-18-10-8-7-9-11-18/h17-19,21H,5-16H2,1-4H3. The van der Waals surface area contributed by atoms with E-state index in [1.54, 1.807) is 0 Å². The molecule has 2 heteroatoms. The quantitative estimate of drug-likeness (QED) is 0.755. The lowest BCUT2D eigenvalue weighted by atomic mass is 9.79. The van der Waals surface area contributed by atoms with Crippen LogP contribution in [-0.2, 0) is 0 Å². The molecular weight excluding hydrogens is 268 g/mol. The Morgan fingerprint density at radius 2 is 1.73 bits per heavy atom. The van der Waals surface area contributed by atoms with Crippen molar-refractivity contribution in [1.29, 1.82) is 0 Å². The summed E-state index contributed by atoms with van der Waals surface area (Å²) in [5.74, 6) is 0.881. The van der Waals surface area contributed by atoms with Crippen molar-refractivity contribution in [2.24, 2.45) is 11.3 Å². The third kappa shape index (κ3) is 6.58. The van der Waals surface area contributed by atoms with Crippen LogP contribution in [0.1, 0.15) is 85.5 Å². The lowest BCUT2D eigenvalue weighted by Crippen LogP contribution is -2.52. The predicted molar refractivity (Wildman–Crippen MR) is 97.3 cm³/mol. The molecule has 2 nitrogen and oxygen atoms in total. The van der Waals surface area contributed by atoms with Gasteiger partial charge in [0.05, 0.1) is 0 Å². The Bertz CT molecular complexity index is 301. The summed E-state index contributed by atoms with van der Waals surface area (Å²) in [7, 11) is 0. The van der Waals surface area contributed by atoms with Gasteiger partial charge in [0, 0.05) is 25.2 Å². The molecule has 0 amide bonds. The van der Waals surface area contributed by atoms with Gasteiger partial charge in [0.15, 0.2) is 0 Å². The summed E-state index contributed by atoms with van der Waals surface area (Å²) in [4.78, 5) is 2.75. The molecule has 0 aromatic rings. The molecule has 0 aromatic heterocycles. The zero-order valence-electron chi connectivity index (χ0n) is 15.7. The molecule has 0 bridgehead atoms. The number of nitrogens with zero attached hydrogens (tertiary/aromatic N) is 1. The molecule has 2 fully saturated rings. The molecule has 0 radical (unpaired) electrons. The van der Waals surface area contributed by atoms with E-state index in [0.29, 0.717) is 5.41 Å². The Morgan fingerprint density at radius 3 is 2.36 bits per heavy atom. The first kappa shape index (κ1) is 18.3. The molecule has 0 aromatic carbocycles. The van der Waals surface area contributed by atoms with Crippen LogP contribution in [0.5, 0.6) is 0 Å². The highest BCUT2D eigenvalue weighted by molar-refractivity contribution is 4.88. The number of hydrogen-bond acceptors (Lipinski definition) is 2. The number of nitrogens with one attached hydrogen (secondary N) is 1. The topological polar surface area (TPSA) is 15.3 Å². The average molecular weight is 309 g/mol. The normalized spacial score (nSPS) is 28.9. The molecule has 1 aliphatic heterocycles. The Hall–Kier alpha value is -0.0800. The summed E-state index contributed by atoms with van der Waals surface area (Å²) in [5.41, 5.74) is 0.466. The van der Waals surface area contributed by atoms with Gasteiger partial charge >= 0.3 is 0 Å². The molecule has 1 saturated heterocycles. The van der Waals surface area contributed by atoms with Crippen molar-refractivity contribution in [2.75, 3.05) is 19.6 Å². The molecule has 1 heterocycles. The first-order valence-corrected chi connectivity index (χ1v) is 9.94. The summed E-state index contributed by atoms with van der Waals surface area (Å²) >= 11 is 0. The van der Waals surface area contributed by atoms with Crippen molar-refractivity contribution >= 4 is 0 Å². The van der Waals surface area contributed by atoms with Gasteiger partial charge in [-0.25, -0.2) is 0 Å². The molecule has 2 aliphatic rings. The Morgan fingerprint density at radius 1 is 1.00 bits per heavy atom. The lowest BCUT2D eigenvalue weighted by molar-refractivity contribution is 0.105. The molecular formula is C20H40N2. The van der Waals surface area contributed by atoms with Crippen LogP contribution in [0.3, 0.4) is 0 Å². The maximum atomic E-state index is 4.04. The summed E-state index contributed by atoms with van der Waals surface area (Å²) in [5, 5.41) is 4.04. The van der Waals surface area contributed by atoms with Crippen LogP contribution in [0.2, 0.25) is 0 Å². The minimum Gasteiger partial charge on any atom is -0.310 e. The second-order valence-corrected chi connectivity index (χ2v) is 9.18. The van der Waals surface area contributed by atoms with Crippen LogP contribution in [-0.4, -0.2) is 36.6 Å². The van der Waals surface area contributed by atoms with Crippen molar-refractivity contribution in [3.05, 3.63) is 0 Å². The van der Waals surface area contributed by atoms with E-state index in [-0.39, 0.29) is 0 Å². The lowest BCUT2D eigenvalue weighted by Gasteiger charge is -2.42.